The molecule has 4 nitrogen and oxygen atoms in total. The molecule has 4 heteroatoms. The van der Waals surface area contributed by atoms with E-state index in [0.29, 0.717) is 0 Å². The predicted molar refractivity (Wildman–Crippen MR) is 38.5 cm³/mol. The number of likely N-dealkylation sites (N-methyl/N-ethyl adjacent to an activating group) is 1. The summed E-state index contributed by atoms with van der Waals surface area (Å²) in [5.74, 6) is 0.0136. The lowest BCUT2D eigenvalue weighted by molar-refractivity contribution is -0.123. The van der Waals surface area contributed by atoms with Crippen molar-refractivity contribution in [3.05, 3.63) is 0 Å². The summed E-state index contributed by atoms with van der Waals surface area (Å²) >= 11 is 0. The maximum atomic E-state index is 10.9. The van der Waals surface area contributed by atoms with Gasteiger partial charge >= 0.3 is 0 Å². The molecule has 0 saturated carbocycles. The summed E-state index contributed by atoms with van der Waals surface area (Å²) in [6, 6.07) is 0. The second kappa shape index (κ2) is 3.53. The van der Waals surface area contributed by atoms with Crippen molar-refractivity contribution in [2.24, 2.45) is 0 Å². The van der Waals surface area contributed by atoms with Crippen molar-refractivity contribution in [2.75, 3.05) is 20.1 Å². The minimum Gasteiger partial charge on any atom is -0.357 e. The quantitative estimate of drug-likeness (QED) is 0.425. The minimum absolute atomic E-state index is 0.0136. The van der Waals surface area contributed by atoms with Crippen molar-refractivity contribution in [1.82, 2.24) is 16.0 Å². The molecule has 0 unspecified atom stereocenters. The SMILES string of the molecule is CNC(=O)C1NCCCN1. The molecule has 1 fully saturated rings. The summed E-state index contributed by atoms with van der Waals surface area (Å²) in [5, 5.41) is 8.66. The number of amides is 1. The average Bonchev–Trinajstić information content (AvgIpc) is 2.05. The zero-order valence-corrected chi connectivity index (χ0v) is 6.11. The second-order valence-electron chi connectivity index (χ2n) is 2.31. The molecule has 10 heavy (non-hydrogen) atoms. The van der Waals surface area contributed by atoms with Gasteiger partial charge in [0.25, 0.3) is 5.91 Å². The van der Waals surface area contributed by atoms with Gasteiger partial charge in [-0.15, -0.1) is 0 Å². The molecular weight excluding hydrogens is 130 g/mol. The van der Waals surface area contributed by atoms with Gasteiger partial charge in [-0.25, -0.2) is 0 Å². The second-order valence-corrected chi connectivity index (χ2v) is 2.31. The van der Waals surface area contributed by atoms with Crippen LogP contribution in [0.4, 0.5) is 0 Å². The fourth-order valence-electron chi connectivity index (χ4n) is 0.983. The maximum absolute atomic E-state index is 10.9. The Morgan fingerprint density at radius 1 is 1.50 bits per heavy atom. The van der Waals surface area contributed by atoms with Crippen molar-refractivity contribution >= 4 is 5.91 Å². The van der Waals surface area contributed by atoms with Gasteiger partial charge in [-0.1, -0.05) is 0 Å². The van der Waals surface area contributed by atoms with E-state index < -0.39 is 0 Å². The van der Waals surface area contributed by atoms with Crippen LogP contribution < -0.4 is 16.0 Å². The molecular formula is C6H13N3O. The summed E-state index contributed by atoms with van der Waals surface area (Å²) in [6.45, 7) is 1.84. The fourth-order valence-corrected chi connectivity index (χ4v) is 0.983. The van der Waals surface area contributed by atoms with Gasteiger partial charge in [-0.2, -0.15) is 0 Å². The van der Waals surface area contributed by atoms with Crippen LogP contribution >= 0.6 is 0 Å². The van der Waals surface area contributed by atoms with E-state index in [9.17, 15) is 4.79 Å². The molecule has 1 amide bonds. The summed E-state index contributed by atoms with van der Waals surface area (Å²) in [5.41, 5.74) is 0. The number of rotatable bonds is 1. The van der Waals surface area contributed by atoms with Crippen LogP contribution in [0.5, 0.6) is 0 Å². The molecule has 0 bridgehead atoms. The number of carbonyl (C=O) groups excluding carboxylic acids is 1. The molecule has 0 aromatic heterocycles. The van der Waals surface area contributed by atoms with Crippen LogP contribution in [0.2, 0.25) is 0 Å². The lowest BCUT2D eigenvalue weighted by Gasteiger charge is -2.23. The Balaban J connectivity index is 2.31. The van der Waals surface area contributed by atoms with E-state index in [1.165, 1.54) is 0 Å². The number of hydrogen-bond acceptors (Lipinski definition) is 3. The molecule has 1 saturated heterocycles. The van der Waals surface area contributed by atoms with Gasteiger partial charge < -0.3 is 5.32 Å². The molecule has 3 N–H and O–H groups in total. The molecule has 0 aromatic rings. The third-order valence-corrected chi connectivity index (χ3v) is 1.56. The smallest absolute Gasteiger partial charge is 0.251 e. The van der Waals surface area contributed by atoms with Crippen LogP contribution in [0.15, 0.2) is 0 Å². The first-order valence-electron chi connectivity index (χ1n) is 3.53. The fraction of sp³-hybridized carbons (Fsp3) is 0.833. The van der Waals surface area contributed by atoms with Crippen LogP contribution in [0.25, 0.3) is 0 Å². The van der Waals surface area contributed by atoms with Gasteiger partial charge in [0.2, 0.25) is 0 Å². The van der Waals surface area contributed by atoms with Gasteiger partial charge in [-0.3, -0.25) is 15.4 Å². The topological polar surface area (TPSA) is 53.2 Å². The molecule has 0 spiro atoms. The van der Waals surface area contributed by atoms with Gasteiger partial charge in [0, 0.05) is 7.05 Å². The first kappa shape index (κ1) is 7.50. The highest BCUT2D eigenvalue weighted by molar-refractivity contribution is 5.81. The van der Waals surface area contributed by atoms with Crippen LogP contribution in [-0.4, -0.2) is 32.2 Å². The van der Waals surface area contributed by atoms with Gasteiger partial charge in [0.15, 0.2) is 0 Å². The lowest BCUT2D eigenvalue weighted by atomic mass is 10.3. The Bertz CT molecular complexity index is 120. The molecule has 0 radical (unpaired) electrons. The van der Waals surface area contributed by atoms with Gasteiger partial charge in [-0.05, 0) is 19.5 Å². The lowest BCUT2D eigenvalue weighted by Crippen LogP contribution is -2.56. The summed E-state index contributed by atoms with van der Waals surface area (Å²) in [4.78, 5) is 10.9. The van der Waals surface area contributed by atoms with E-state index >= 15 is 0 Å². The first-order valence-corrected chi connectivity index (χ1v) is 3.53. The van der Waals surface area contributed by atoms with E-state index in [0.717, 1.165) is 19.5 Å². The molecule has 1 aliphatic rings. The third kappa shape index (κ3) is 1.68. The van der Waals surface area contributed by atoms with Crippen LogP contribution in [0, 0.1) is 0 Å². The monoisotopic (exact) mass is 143 g/mol. The Morgan fingerprint density at radius 3 is 2.60 bits per heavy atom. The zero-order valence-electron chi connectivity index (χ0n) is 6.11. The van der Waals surface area contributed by atoms with E-state index in [1.54, 1.807) is 7.05 Å². The van der Waals surface area contributed by atoms with E-state index in [4.69, 9.17) is 0 Å². The van der Waals surface area contributed by atoms with Crippen LogP contribution in [0.1, 0.15) is 6.42 Å². The van der Waals surface area contributed by atoms with Gasteiger partial charge in [0.1, 0.15) is 6.17 Å². The molecule has 1 aliphatic heterocycles. The standard InChI is InChI=1S/C6H13N3O/c1-7-6(10)5-8-3-2-4-9-5/h5,8-9H,2-4H2,1H3,(H,7,10). The summed E-state index contributed by atoms with van der Waals surface area (Å²) in [7, 11) is 1.64. The minimum atomic E-state index is -0.182. The van der Waals surface area contributed by atoms with Gasteiger partial charge in [0.05, 0.1) is 0 Å². The van der Waals surface area contributed by atoms with Crippen molar-refractivity contribution in [2.45, 2.75) is 12.6 Å². The summed E-state index contributed by atoms with van der Waals surface area (Å²) in [6.07, 6.45) is 0.909. The van der Waals surface area contributed by atoms with Crippen LogP contribution in [0.3, 0.4) is 0 Å². The molecule has 58 valence electrons. The number of nitrogens with one attached hydrogen (secondary N) is 3. The number of hydrogen-bond donors (Lipinski definition) is 3. The Morgan fingerprint density at radius 2 is 2.10 bits per heavy atom. The molecule has 1 rings (SSSR count). The maximum Gasteiger partial charge on any atom is 0.251 e. The Hall–Kier alpha value is -0.610. The van der Waals surface area contributed by atoms with E-state index in [-0.39, 0.29) is 12.1 Å². The average molecular weight is 143 g/mol. The number of carbonyl (C=O) groups is 1. The van der Waals surface area contributed by atoms with E-state index in [1.807, 2.05) is 0 Å². The Kier molecular flexibility index (Phi) is 2.65. The van der Waals surface area contributed by atoms with Crippen molar-refractivity contribution in [3.8, 4) is 0 Å². The summed E-state index contributed by atoms with van der Waals surface area (Å²) < 4.78 is 0. The Labute approximate surface area is 60.4 Å². The van der Waals surface area contributed by atoms with E-state index in [2.05, 4.69) is 16.0 Å². The highest BCUT2D eigenvalue weighted by Crippen LogP contribution is 1.87. The van der Waals surface area contributed by atoms with Crippen molar-refractivity contribution in [1.29, 1.82) is 0 Å². The predicted octanol–water partition coefficient (Wildman–Crippen LogP) is -1.36. The zero-order chi connectivity index (χ0) is 7.40. The highest BCUT2D eigenvalue weighted by atomic mass is 16.2. The molecule has 1 heterocycles. The third-order valence-electron chi connectivity index (χ3n) is 1.56. The molecule has 0 aromatic carbocycles. The van der Waals surface area contributed by atoms with Crippen molar-refractivity contribution < 1.29 is 4.79 Å². The van der Waals surface area contributed by atoms with Crippen molar-refractivity contribution in [3.63, 3.8) is 0 Å². The normalized spacial score (nSPS) is 20.5. The highest BCUT2D eigenvalue weighted by Gasteiger charge is 2.17. The molecule has 0 atom stereocenters. The van der Waals surface area contributed by atoms with Crippen LogP contribution in [-0.2, 0) is 4.79 Å². The molecule has 0 aliphatic carbocycles. The first-order chi connectivity index (χ1) is 4.84. The largest absolute Gasteiger partial charge is 0.357 e.